The second kappa shape index (κ2) is 4.29. The summed E-state index contributed by atoms with van der Waals surface area (Å²) in [6.07, 6.45) is 1.11. The van der Waals surface area contributed by atoms with Crippen molar-refractivity contribution in [2.24, 2.45) is 0 Å². The van der Waals surface area contributed by atoms with Gasteiger partial charge in [0.25, 0.3) is 0 Å². The number of anilines is 1. The molecule has 0 bridgehead atoms. The molecule has 0 spiro atoms. The van der Waals surface area contributed by atoms with Gasteiger partial charge in [0.15, 0.2) is 0 Å². The Bertz CT molecular complexity index is 548. The molecule has 1 aromatic heterocycles. The van der Waals surface area contributed by atoms with E-state index in [4.69, 9.17) is 0 Å². The number of hydrogen-bond donors (Lipinski definition) is 1. The molecule has 0 radical (unpaired) electrons. The van der Waals surface area contributed by atoms with Crippen molar-refractivity contribution in [2.45, 2.75) is 13.0 Å². The lowest BCUT2D eigenvalue weighted by atomic mass is 10.2. The minimum absolute atomic E-state index is 0.217. The minimum Gasteiger partial charge on any atom is -0.356 e. The van der Waals surface area contributed by atoms with Gasteiger partial charge in [0, 0.05) is 18.7 Å². The van der Waals surface area contributed by atoms with Crippen LogP contribution in [0.3, 0.4) is 0 Å². The Morgan fingerprint density at radius 1 is 1.29 bits per heavy atom. The molecule has 0 atom stereocenters. The molecule has 1 aliphatic heterocycles. The molecular formula is C12H11FIN3. The first-order chi connectivity index (χ1) is 8.25. The van der Waals surface area contributed by atoms with E-state index in [1.165, 1.54) is 12.1 Å². The Morgan fingerprint density at radius 2 is 2.06 bits per heavy atom. The first kappa shape index (κ1) is 11.0. The number of aromatic nitrogens is 2. The van der Waals surface area contributed by atoms with E-state index >= 15 is 0 Å². The fourth-order valence-electron chi connectivity index (χ4n) is 2.00. The second-order valence-electron chi connectivity index (χ2n) is 4.01. The molecule has 1 aromatic carbocycles. The lowest BCUT2D eigenvalue weighted by Gasteiger charge is -2.15. The van der Waals surface area contributed by atoms with Gasteiger partial charge < -0.3 is 9.88 Å². The topological polar surface area (TPSA) is 29.9 Å². The van der Waals surface area contributed by atoms with Gasteiger partial charge in [0.2, 0.25) is 5.95 Å². The molecule has 0 saturated carbocycles. The normalized spacial score (nSPS) is 14.2. The maximum absolute atomic E-state index is 12.9. The number of rotatable bonds is 1. The van der Waals surface area contributed by atoms with Crippen molar-refractivity contribution in [3.8, 4) is 11.3 Å². The van der Waals surface area contributed by atoms with Gasteiger partial charge in [0.05, 0.1) is 0 Å². The first-order valence-corrected chi connectivity index (χ1v) is 6.59. The van der Waals surface area contributed by atoms with Crippen molar-refractivity contribution in [3.63, 3.8) is 0 Å². The Kier molecular flexibility index (Phi) is 2.78. The summed E-state index contributed by atoms with van der Waals surface area (Å²) >= 11 is 2.30. The van der Waals surface area contributed by atoms with E-state index in [1.54, 1.807) is 12.1 Å². The highest BCUT2D eigenvalue weighted by molar-refractivity contribution is 14.1. The monoisotopic (exact) mass is 343 g/mol. The maximum atomic E-state index is 12.9. The van der Waals surface area contributed by atoms with Crippen LogP contribution in [-0.4, -0.2) is 16.1 Å². The molecule has 3 rings (SSSR count). The summed E-state index contributed by atoms with van der Waals surface area (Å²) in [5.74, 6) is 0.700. The van der Waals surface area contributed by atoms with Crippen LogP contribution in [0.15, 0.2) is 24.3 Å². The molecule has 0 saturated heterocycles. The number of benzene rings is 1. The number of hydrogen-bond acceptors (Lipinski definition) is 2. The molecule has 2 heterocycles. The Hall–Kier alpha value is -1.11. The molecule has 5 heteroatoms. The van der Waals surface area contributed by atoms with Crippen LogP contribution in [0.25, 0.3) is 11.3 Å². The minimum atomic E-state index is -0.217. The van der Waals surface area contributed by atoms with Gasteiger partial charge in [0.1, 0.15) is 15.2 Å². The summed E-state index contributed by atoms with van der Waals surface area (Å²) < 4.78 is 16.2. The number of nitrogens with zero attached hydrogens (tertiary/aromatic N) is 2. The third-order valence-corrected chi connectivity index (χ3v) is 3.96. The molecule has 17 heavy (non-hydrogen) atoms. The van der Waals surface area contributed by atoms with Crippen LogP contribution in [-0.2, 0) is 6.54 Å². The second-order valence-corrected chi connectivity index (χ2v) is 5.04. The van der Waals surface area contributed by atoms with E-state index in [1.807, 2.05) is 0 Å². The first-order valence-electron chi connectivity index (χ1n) is 5.51. The van der Waals surface area contributed by atoms with Gasteiger partial charge in [-0.05, 0) is 53.3 Å². The highest BCUT2D eigenvalue weighted by Gasteiger charge is 2.18. The van der Waals surface area contributed by atoms with Crippen LogP contribution in [0, 0.1) is 9.52 Å². The average molecular weight is 343 g/mol. The molecule has 0 amide bonds. The van der Waals surface area contributed by atoms with E-state index in [-0.39, 0.29) is 5.82 Å². The fraction of sp³-hybridized carbons (Fsp3) is 0.250. The van der Waals surface area contributed by atoms with Crippen LogP contribution in [0.5, 0.6) is 0 Å². The predicted octanol–water partition coefficient (Wildman–Crippen LogP) is 3.11. The highest BCUT2D eigenvalue weighted by Crippen LogP contribution is 2.29. The molecule has 2 aromatic rings. The zero-order valence-corrected chi connectivity index (χ0v) is 11.2. The summed E-state index contributed by atoms with van der Waals surface area (Å²) in [5.41, 5.74) is 1.88. The quantitative estimate of drug-likeness (QED) is 0.807. The standard InChI is InChI=1S/C12H11FIN3/c13-9-4-2-8(3-5-9)10-11(14)17-7-1-6-15-12(17)16-10/h2-5H,1,6-7H2,(H,15,16). The summed E-state index contributed by atoms with van der Waals surface area (Å²) in [6.45, 7) is 1.96. The highest BCUT2D eigenvalue weighted by atomic mass is 127. The fourth-order valence-corrected chi connectivity index (χ4v) is 2.90. The number of fused-ring (bicyclic) bond motifs is 1. The van der Waals surface area contributed by atoms with Crippen LogP contribution in [0.2, 0.25) is 0 Å². The summed E-state index contributed by atoms with van der Waals surface area (Å²) in [7, 11) is 0. The molecular weight excluding hydrogens is 332 g/mol. The van der Waals surface area contributed by atoms with Crippen molar-refractivity contribution in [1.29, 1.82) is 0 Å². The maximum Gasteiger partial charge on any atom is 0.204 e. The third-order valence-electron chi connectivity index (χ3n) is 2.87. The number of imidazole rings is 1. The Labute approximate surface area is 112 Å². The molecule has 1 N–H and O–H groups in total. The summed E-state index contributed by atoms with van der Waals surface area (Å²) in [4.78, 5) is 4.57. The van der Waals surface area contributed by atoms with Gasteiger partial charge in [-0.1, -0.05) is 0 Å². The SMILES string of the molecule is Fc1ccc(-c2nc3n(c2I)CCCN3)cc1. The predicted molar refractivity (Wildman–Crippen MR) is 73.4 cm³/mol. The van der Waals surface area contributed by atoms with E-state index in [0.717, 1.165) is 40.4 Å². The molecule has 0 fully saturated rings. The third kappa shape index (κ3) is 1.92. The molecule has 1 aliphatic rings. The van der Waals surface area contributed by atoms with Gasteiger partial charge in [-0.2, -0.15) is 0 Å². The summed E-state index contributed by atoms with van der Waals surface area (Å²) in [6, 6.07) is 6.48. The van der Waals surface area contributed by atoms with Crippen molar-refractivity contribution < 1.29 is 4.39 Å². The molecule has 88 valence electrons. The van der Waals surface area contributed by atoms with Crippen molar-refractivity contribution in [3.05, 3.63) is 33.8 Å². The lowest BCUT2D eigenvalue weighted by Crippen LogP contribution is -2.17. The van der Waals surface area contributed by atoms with E-state index in [0.29, 0.717) is 0 Å². The lowest BCUT2D eigenvalue weighted by molar-refractivity contribution is 0.617. The van der Waals surface area contributed by atoms with Crippen LogP contribution in [0.4, 0.5) is 10.3 Å². The average Bonchev–Trinajstić information content (AvgIpc) is 2.69. The van der Waals surface area contributed by atoms with Crippen LogP contribution < -0.4 is 5.32 Å². The van der Waals surface area contributed by atoms with E-state index in [9.17, 15) is 4.39 Å². The molecule has 3 nitrogen and oxygen atoms in total. The largest absolute Gasteiger partial charge is 0.356 e. The van der Waals surface area contributed by atoms with E-state index < -0.39 is 0 Å². The van der Waals surface area contributed by atoms with Crippen molar-refractivity contribution >= 4 is 28.5 Å². The number of halogens is 2. The van der Waals surface area contributed by atoms with Gasteiger partial charge in [-0.3, -0.25) is 0 Å². The van der Waals surface area contributed by atoms with Gasteiger partial charge >= 0.3 is 0 Å². The van der Waals surface area contributed by atoms with Gasteiger partial charge in [-0.25, -0.2) is 9.37 Å². The zero-order chi connectivity index (χ0) is 11.8. The van der Waals surface area contributed by atoms with Crippen LogP contribution >= 0.6 is 22.6 Å². The number of nitrogens with one attached hydrogen (secondary N) is 1. The smallest absolute Gasteiger partial charge is 0.204 e. The van der Waals surface area contributed by atoms with E-state index in [2.05, 4.69) is 37.5 Å². The van der Waals surface area contributed by atoms with Crippen molar-refractivity contribution in [1.82, 2.24) is 9.55 Å². The van der Waals surface area contributed by atoms with Crippen LogP contribution in [0.1, 0.15) is 6.42 Å². The molecule has 0 unspecified atom stereocenters. The van der Waals surface area contributed by atoms with Crippen molar-refractivity contribution in [2.75, 3.05) is 11.9 Å². The summed E-state index contributed by atoms with van der Waals surface area (Å²) in [5, 5.41) is 3.28. The zero-order valence-electron chi connectivity index (χ0n) is 9.08. The van der Waals surface area contributed by atoms with Gasteiger partial charge in [-0.15, -0.1) is 0 Å². The molecule has 0 aliphatic carbocycles. The Morgan fingerprint density at radius 3 is 2.76 bits per heavy atom. The Balaban J connectivity index is 2.09.